The molecule has 0 aliphatic heterocycles. The maximum Gasteiger partial charge on any atom is 0.222 e. The Bertz CT molecular complexity index is 505. The highest BCUT2D eigenvalue weighted by Crippen LogP contribution is 2.20. The van der Waals surface area contributed by atoms with Crippen molar-refractivity contribution in [1.29, 1.82) is 5.41 Å². The lowest BCUT2D eigenvalue weighted by Gasteiger charge is -2.03. The molecular weight excluding hydrogens is 238 g/mol. The fraction of sp³-hybridized carbons (Fsp3) is 0.273. The standard InChI is InChI=1S/C11H12ClN5/c1-2-7(3-13)10-14-6-9(17-10)8-4-15-11(12)16-5-8/h3-7,13H,2H2,1H3,(H,14,17)/t7-/m0/s1. The van der Waals surface area contributed by atoms with Gasteiger partial charge in [-0.3, -0.25) is 0 Å². The van der Waals surface area contributed by atoms with Crippen molar-refractivity contribution in [3.05, 3.63) is 29.7 Å². The molecule has 0 fully saturated rings. The lowest BCUT2D eigenvalue weighted by Crippen LogP contribution is -2.00. The summed E-state index contributed by atoms with van der Waals surface area (Å²) < 4.78 is 0. The maximum atomic E-state index is 7.31. The molecule has 0 spiro atoms. The first-order chi connectivity index (χ1) is 8.24. The van der Waals surface area contributed by atoms with Crippen LogP contribution >= 0.6 is 11.6 Å². The number of hydrogen-bond acceptors (Lipinski definition) is 4. The monoisotopic (exact) mass is 249 g/mol. The van der Waals surface area contributed by atoms with Crippen LogP contribution in [-0.4, -0.2) is 26.2 Å². The van der Waals surface area contributed by atoms with E-state index in [-0.39, 0.29) is 11.2 Å². The molecule has 0 amide bonds. The van der Waals surface area contributed by atoms with Crippen LogP contribution in [-0.2, 0) is 0 Å². The Morgan fingerprint density at radius 2 is 2.06 bits per heavy atom. The minimum Gasteiger partial charge on any atom is -0.341 e. The zero-order valence-electron chi connectivity index (χ0n) is 9.31. The van der Waals surface area contributed by atoms with Crippen molar-refractivity contribution in [2.24, 2.45) is 0 Å². The van der Waals surface area contributed by atoms with Gasteiger partial charge in [0.1, 0.15) is 5.82 Å². The van der Waals surface area contributed by atoms with E-state index >= 15 is 0 Å². The summed E-state index contributed by atoms with van der Waals surface area (Å²) in [6, 6.07) is 0. The molecule has 0 aromatic carbocycles. The van der Waals surface area contributed by atoms with Crippen LogP contribution in [0.5, 0.6) is 0 Å². The quantitative estimate of drug-likeness (QED) is 0.646. The maximum absolute atomic E-state index is 7.31. The number of aromatic nitrogens is 4. The predicted molar refractivity (Wildman–Crippen MR) is 66.4 cm³/mol. The third-order valence-corrected chi connectivity index (χ3v) is 2.71. The first-order valence-corrected chi connectivity index (χ1v) is 5.65. The second-order valence-electron chi connectivity index (χ2n) is 3.60. The van der Waals surface area contributed by atoms with Crippen LogP contribution in [0.3, 0.4) is 0 Å². The number of imidazole rings is 1. The Kier molecular flexibility index (Phi) is 3.49. The Morgan fingerprint density at radius 1 is 1.35 bits per heavy atom. The fourth-order valence-electron chi connectivity index (χ4n) is 1.51. The Labute approximate surface area is 104 Å². The molecular formula is C11H12ClN5. The van der Waals surface area contributed by atoms with Crippen LogP contribution < -0.4 is 0 Å². The minimum atomic E-state index is 0.0250. The number of halogens is 1. The molecule has 2 aromatic heterocycles. The molecule has 0 saturated carbocycles. The summed E-state index contributed by atoms with van der Waals surface area (Å²) in [7, 11) is 0. The van der Waals surface area contributed by atoms with Gasteiger partial charge in [0.05, 0.1) is 17.8 Å². The normalized spacial score (nSPS) is 12.4. The third-order valence-electron chi connectivity index (χ3n) is 2.52. The second-order valence-corrected chi connectivity index (χ2v) is 3.94. The zero-order valence-corrected chi connectivity index (χ0v) is 10.1. The number of H-pyrrole nitrogens is 1. The molecule has 5 nitrogen and oxygen atoms in total. The van der Waals surface area contributed by atoms with Gasteiger partial charge in [-0.1, -0.05) is 6.92 Å². The van der Waals surface area contributed by atoms with Crippen LogP contribution in [0.25, 0.3) is 11.3 Å². The van der Waals surface area contributed by atoms with Gasteiger partial charge >= 0.3 is 0 Å². The summed E-state index contributed by atoms with van der Waals surface area (Å²) in [6.07, 6.45) is 7.22. The van der Waals surface area contributed by atoms with Gasteiger partial charge in [-0.25, -0.2) is 15.0 Å². The summed E-state index contributed by atoms with van der Waals surface area (Å²) in [5.41, 5.74) is 1.66. The van der Waals surface area contributed by atoms with E-state index in [1.807, 2.05) is 6.92 Å². The smallest absolute Gasteiger partial charge is 0.222 e. The molecule has 0 radical (unpaired) electrons. The van der Waals surface area contributed by atoms with Crippen LogP contribution in [0.4, 0.5) is 0 Å². The van der Waals surface area contributed by atoms with Crippen LogP contribution in [0.2, 0.25) is 5.28 Å². The van der Waals surface area contributed by atoms with Gasteiger partial charge in [0.25, 0.3) is 0 Å². The number of aromatic amines is 1. The van der Waals surface area contributed by atoms with Crippen LogP contribution in [0.1, 0.15) is 25.1 Å². The minimum absolute atomic E-state index is 0.0250. The molecule has 0 bridgehead atoms. The van der Waals surface area contributed by atoms with Crippen molar-refractivity contribution in [2.75, 3.05) is 0 Å². The van der Waals surface area contributed by atoms with Gasteiger partial charge in [0, 0.05) is 24.2 Å². The van der Waals surface area contributed by atoms with Gasteiger partial charge in [-0.2, -0.15) is 0 Å². The summed E-state index contributed by atoms with van der Waals surface area (Å²) in [5, 5.41) is 7.53. The predicted octanol–water partition coefficient (Wildman–Crippen LogP) is 2.66. The Balaban J connectivity index is 2.29. The molecule has 6 heteroatoms. The number of hydrogen-bond donors (Lipinski definition) is 2. The molecule has 17 heavy (non-hydrogen) atoms. The topological polar surface area (TPSA) is 78.3 Å². The summed E-state index contributed by atoms with van der Waals surface area (Å²) in [6.45, 7) is 2.02. The first kappa shape index (κ1) is 11.7. The SMILES string of the molecule is CC[C@@H](C=N)c1ncc(-c2cnc(Cl)nc2)[nH]1. The molecule has 0 saturated heterocycles. The van der Waals surface area contributed by atoms with Crippen molar-refractivity contribution >= 4 is 17.8 Å². The highest BCUT2D eigenvalue weighted by Gasteiger charge is 2.11. The van der Waals surface area contributed by atoms with Crippen LogP contribution in [0.15, 0.2) is 18.6 Å². The Morgan fingerprint density at radius 3 is 2.65 bits per heavy atom. The highest BCUT2D eigenvalue weighted by atomic mass is 35.5. The van der Waals surface area contributed by atoms with Crippen molar-refractivity contribution in [2.45, 2.75) is 19.3 Å². The summed E-state index contributed by atoms with van der Waals surface area (Å²) >= 11 is 5.62. The van der Waals surface area contributed by atoms with E-state index in [1.165, 1.54) is 6.21 Å². The van der Waals surface area contributed by atoms with Crippen molar-refractivity contribution in [3.8, 4) is 11.3 Å². The van der Waals surface area contributed by atoms with Gasteiger partial charge in [-0.15, -0.1) is 0 Å². The van der Waals surface area contributed by atoms with E-state index in [1.54, 1.807) is 18.6 Å². The molecule has 88 valence electrons. The van der Waals surface area contributed by atoms with E-state index in [0.717, 1.165) is 23.5 Å². The van der Waals surface area contributed by atoms with Crippen molar-refractivity contribution in [1.82, 2.24) is 19.9 Å². The highest BCUT2D eigenvalue weighted by molar-refractivity contribution is 6.28. The van der Waals surface area contributed by atoms with E-state index in [4.69, 9.17) is 17.0 Å². The summed E-state index contributed by atoms with van der Waals surface area (Å²) in [5.74, 6) is 0.810. The lowest BCUT2D eigenvalue weighted by atomic mass is 10.1. The molecule has 0 aliphatic carbocycles. The molecule has 2 aromatic rings. The molecule has 2 heterocycles. The molecule has 0 unspecified atom stereocenters. The average Bonchev–Trinajstić information content (AvgIpc) is 2.81. The molecule has 1 atom stereocenters. The van der Waals surface area contributed by atoms with Gasteiger partial charge < -0.3 is 10.4 Å². The lowest BCUT2D eigenvalue weighted by molar-refractivity contribution is 0.798. The first-order valence-electron chi connectivity index (χ1n) is 5.28. The molecule has 2 rings (SSSR count). The van der Waals surface area contributed by atoms with E-state index in [9.17, 15) is 0 Å². The number of nitrogens with zero attached hydrogens (tertiary/aromatic N) is 3. The summed E-state index contributed by atoms with van der Waals surface area (Å²) in [4.78, 5) is 15.3. The van der Waals surface area contributed by atoms with Gasteiger partial charge in [-0.05, 0) is 18.0 Å². The fourth-order valence-corrected chi connectivity index (χ4v) is 1.61. The van der Waals surface area contributed by atoms with E-state index in [0.29, 0.717) is 0 Å². The van der Waals surface area contributed by atoms with Crippen molar-refractivity contribution < 1.29 is 0 Å². The van der Waals surface area contributed by atoms with E-state index < -0.39 is 0 Å². The largest absolute Gasteiger partial charge is 0.341 e. The van der Waals surface area contributed by atoms with Crippen LogP contribution in [0, 0.1) is 5.41 Å². The second kappa shape index (κ2) is 5.05. The zero-order chi connectivity index (χ0) is 12.3. The average molecular weight is 250 g/mol. The van der Waals surface area contributed by atoms with Gasteiger partial charge in [0.2, 0.25) is 5.28 Å². The van der Waals surface area contributed by atoms with Crippen molar-refractivity contribution in [3.63, 3.8) is 0 Å². The third kappa shape index (κ3) is 2.50. The number of rotatable bonds is 4. The van der Waals surface area contributed by atoms with E-state index in [2.05, 4.69) is 19.9 Å². The molecule has 2 N–H and O–H groups in total. The molecule has 0 aliphatic rings. The Hall–Kier alpha value is -1.75. The van der Waals surface area contributed by atoms with Gasteiger partial charge in [0.15, 0.2) is 0 Å². The number of nitrogens with one attached hydrogen (secondary N) is 2.